The van der Waals surface area contributed by atoms with E-state index in [-0.39, 0.29) is 10.9 Å². The molecule has 0 amide bonds. The van der Waals surface area contributed by atoms with Crippen LogP contribution in [0.1, 0.15) is 54.3 Å². The molecule has 0 bridgehead atoms. The normalized spacial score (nSPS) is 18.2. The first kappa shape index (κ1) is 35.4. The van der Waals surface area contributed by atoms with E-state index in [0.717, 1.165) is 73.1 Å². The van der Waals surface area contributed by atoms with Crippen molar-refractivity contribution < 1.29 is 21.6 Å². The molecule has 2 saturated heterocycles. The molecule has 2 aliphatic rings. The molecule has 264 valence electrons. The molecule has 0 saturated carbocycles. The van der Waals surface area contributed by atoms with E-state index in [0.29, 0.717) is 59.1 Å². The summed E-state index contributed by atoms with van der Waals surface area (Å²) in [5.74, 6) is 1.62. The first-order valence-electron chi connectivity index (χ1n) is 16.7. The van der Waals surface area contributed by atoms with Gasteiger partial charge in [0.25, 0.3) is 0 Å². The number of sulfonamides is 1. The van der Waals surface area contributed by atoms with Gasteiger partial charge in [0.2, 0.25) is 16.0 Å². The van der Waals surface area contributed by atoms with Crippen LogP contribution < -0.4 is 10.6 Å². The zero-order valence-electron chi connectivity index (χ0n) is 28.3. The number of nitriles is 1. The van der Waals surface area contributed by atoms with E-state index in [9.17, 15) is 26.9 Å². The molecule has 0 radical (unpaired) electrons. The van der Waals surface area contributed by atoms with Gasteiger partial charge in [0, 0.05) is 68.1 Å². The van der Waals surface area contributed by atoms with Gasteiger partial charge in [-0.1, -0.05) is 13.0 Å². The summed E-state index contributed by atoms with van der Waals surface area (Å²) < 4.78 is 66.8. The average Bonchev–Trinajstić information content (AvgIpc) is 3.62. The molecule has 2 N–H and O–H groups in total. The van der Waals surface area contributed by atoms with Crippen LogP contribution in [0.25, 0.3) is 21.1 Å². The summed E-state index contributed by atoms with van der Waals surface area (Å²) in [6, 6.07) is 10.4. The monoisotopic (exact) mass is 716 g/mol. The number of hydrogen-bond acceptors (Lipinski definition) is 9. The largest absolute Gasteiger partial charge is 0.393 e. The summed E-state index contributed by atoms with van der Waals surface area (Å²) in [5.41, 5.74) is 4.06. The van der Waals surface area contributed by atoms with E-state index in [2.05, 4.69) is 62.1 Å². The zero-order valence-corrected chi connectivity index (χ0v) is 29.9. The van der Waals surface area contributed by atoms with Gasteiger partial charge < -0.3 is 15.2 Å². The maximum atomic E-state index is 13.1. The fraction of sp³-hybridized carbons (Fsp3) is 0.559. The lowest BCUT2D eigenvalue weighted by Gasteiger charge is -2.34. The molecule has 1 aromatic carbocycles. The minimum Gasteiger partial charge on any atom is -0.367 e. The Hall–Kier alpha value is -3.45. The molecule has 4 aromatic rings. The van der Waals surface area contributed by atoms with E-state index in [4.69, 9.17) is 0 Å². The van der Waals surface area contributed by atoms with Gasteiger partial charge in [-0.3, -0.25) is 4.90 Å². The van der Waals surface area contributed by atoms with Crippen LogP contribution in [0, 0.1) is 30.1 Å². The van der Waals surface area contributed by atoms with Crippen LogP contribution in [-0.2, 0) is 29.5 Å². The van der Waals surface area contributed by atoms with Crippen molar-refractivity contribution in [2.45, 2.75) is 71.3 Å². The van der Waals surface area contributed by atoms with Gasteiger partial charge in [-0.25, -0.2) is 17.7 Å². The van der Waals surface area contributed by atoms with E-state index < -0.39 is 22.6 Å². The SMILES string of the molecule is CNc1nc(NC2CCN(Cc3ccc4c(cc(C#N)n4CC(C)C4CCN(S(C)(=O)=O)CC4)c3C)CC2)c2cc(CC(F)(F)F)sc2n1. The number of aromatic nitrogens is 3. The number of aryl methyl sites for hydroxylation is 1. The van der Waals surface area contributed by atoms with Crippen LogP contribution in [0.5, 0.6) is 0 Å². The van der Waals surface area contributed by atoms with Gasteiger partial charge in [0.15, 0.2) is 0 Å². The standard InChI is InChI=1S/C34H43F3N8O2S2/c1-21(23-7-13-44(14-8-23)49(4,46)47)19-45-26(18-38)15-28-22(2)24(5-6-30(28)45)20-43-11-9-25(10-12-43)40-31-29-16-27(17-34(35,36)37)48-32(29)42-33(39-3)41-31/h5-6,15-16,21,23,25H,7-14,17,19-20H2,1-4H3,(H2,39,40,41,42). The molecule has 2 fully saturated rings. The third-order valence-corrected chi connectivity index (χ3v) is 12.5. The highest BCUT2D eigenvalue weighted by Gasteiger charge is 2.31. The number of anilines is 2. The van der Waals surface area contributed by atoms with E-state index in [1.165, 1.54) is 11.8 Å². The van der Waals surface area contributed by atoms with Gasteiger partial charge in [-0.05, 0) is 73.8 Å². The molecule has 10 nitrogen and oxygen atoms in total. The van der Waals surface area contributed by atoms with Crippen molar-refractivity contribution in [2.24, 2.45) is 11.8 Å². The molecule has 0 aliphatic carbocycles. The highest BCUT2D eigenvalue weighted by Crippen LogP contribution is 2.35. The molecule has 2 aliphatic heterocycles. The van der Waals surface area contributed by atoms with Crippen molar-refractivity contribution in [3.63, 3.8) is 0 Å². The number of rotatable bonds is 10. The molecule has 0 spiro atoms. The summed E-state index contributed by atoms with van der Waals surface area (Å²) in [4.78, 5) is 12.1. The summed E-state index contributed by atoms with van der Waals surface area (Å²) in [5, 5.41) is 18.2. The third kappa shape index (κ3) is 7.98. The van der Waals surface area contributed by atoms with E-state index in [1.54, 1.807) is 17.4 Å². The third-order valence-electron chi connectivity index (χ3n) is 10.2. The van der Waals surface area contributed by atoms with Crippen molar-refractivity contribution in [3.8, 4) is 6.07 Å². The molecule has 6 rings (SSSR count). The van der Waals surface area contributed by atoms with Crippen LogP contribution in [0.4, 0.5) is 24.9 Å². The summed E-state index contributed by atoms with van der Waals surface area (Å²) in [7, 11) is -1.48. The second-order valence-electron chi connectivity index (χ2n) is 13.6. The van der Waals surface area contributed by atoms with Crippen LogP contribution in [0.15, 0.2) is 24.3 Å². The molecule has 3 aromatic heterocycles. The predicted octanol–water partition coefficient (Wildman–Crippen LogP) is 6.36. The number of nitrogens with one attached hydrogen (secondary N) is 2. The Morgan fingerprint density at radius 2 is 1.80 bits per heavy atom. The Bertz CT molecular complexity index is 1970. The minimum absolute atomic E-state index is 0.126. The van der Waals surface area contributed by atoms with Crippen LogP contribution >= 0.6 is 11.3 Å². The average molecular weight is 717 g/mol. The number of piperidine rings is 2. The zero-order chi connectivity index (χ0) is 35.1. The Morgan fingerprint density at radius 1 is 1.08 bits per heavy atom. The predicted molar refractivity (Wildman–Crippen MR) is 188 cm³/mol. The van der Waals surface area contributed by atoms with Crippen molar-refractivity contribution in [1.29, 1.82) is 5.26 Å². The number of halogens is 3. The number of nitrogens with zero attached hydrogens (tertiary/aromatic N) is 6. The highest BCUT2D eigenvalue weighted by molar-refractivity contribution is 7.88. The number of hydrogen-bond donors (Lipinski definition) is 2. The molecule has 49 heavy (non-hydrogen) atoms. The van der Waals surface area contributed by atoms with Crippen molar-refractivity contribution in [3.05, 3.63) is 46.0 Å². The number of thiophene rings is 1. The van der Waals surface area contributed by atoms with Gasteiger partial charge in [-0.15, -0.1) is 11.3 Å². The van der Waals surface area contributed by atoms with Crippen molar-refractivity contribution in [1.82, 2.24) is 23.7 Å². The fourth-order valence-corrected chi connectivity index (χ4v) is 9.28. The summed E-state index contributed by atoms with van der Waals surface area (Å²) in [6.07, 6.45) is -0.641. The number of benzene rings is 1. The Kier molecular flexibility index (Phi) is 10.1. The summed E-state index contributed by atoms with van der Waals surface area (Å²) >= 11 is 1.05. The van der Waals surface area contributed by atoms with Crippen LogP contribution in [0.3, 0.4) is 0 Å². The molecular formula is C34H43F3N8O2S2. The molecule has 1 atom stereocenters. The Balaban J connectivity index is 1.10. The van der Waals surface area contributed by atoms with Gasteiger partial charge in [0.1, 0.15) is 22.4 Å². The van der Waals surface area contributed by atoms with Crippen LogP contribution in [-0.4, -0.2) is 83.9 Å². The molecule has 15 heteroatoms. The lowest BCUT2D eigenvalue weighted by molar-refractivity contribution is -0.126. The summed E-state index contributed by atoms with van der Waals surface area (Å²) in [6.45, 7) is 8.61. The van der Waals surface area contributed by atoms with Gasteiger partial charge >= 0.3 is 6.18 Å². The fourth-order valence-electron chi connectivity index (χ4n) is 7.34. The molecular weight excluding hydrogens is 674 g/mol. The Labute approximate surface area is 289 Å². The van der Waals surface area contributed by atoms with E-state index >= 15 is 0 Å². The van der Waals surface area contributed by atoms with Crippen LogP contribution in [0.2, 0.25) is 0 Å². The highest BCUT2D eigenvalue weighted by atomic mass is 32.2. The van der Waals surface area contributed by atoms with Crippen molar-refractivity contribution >= 4 is 54.2 Å². The number of fused-ring (bicyclic) bond motifs is 2. The number of alkyl halides is 3. The second-order valence-corrected chi connectivity index (χ2v) is 16.7. The minimum atomic E-state index is -4.29. The second kappa shape index (κ2) is 14.0. The molecule has 5 heterocycles. The first-order chi connectivity index (χ1) is 23.2. The first-order valence-corrected chi connectivity index (χ1v) is 19.4. The number of likely N-dealkylation sites (tertiary alicyclic amines) is 1. The van der Waals surface area contributed by atoms with Gasteiger partial charge in [0.05, 0.1) is 18.1 Å². The lowest BCUT2D eigenvalue weighted by Crippen LogP contribution is -2.39. The Morgan fingerprint density at radius 3 is 2.43 bits per heavy atom. The quantitative estimate of drug-likeness (QED) is 0.195. The lowest BCUT2D eigenvalue weighted by atomic mass is 9.86. The van der Waals surface area contributed by atoms with E-state index in [1.807, 2.05) is 6.07 Å². The topological polar surface area (TPSA) is 119 Å². The van der Waals surface area contributed by atoms with Crippen molar-refractivity contribution in [2.75, 3.05) is 50.1 Å². The van der Waals surface area contributed by atoms with Gasteiger partial charge in [-0.2, -0.15) is 23.4 Å². The molecule has 1 unspecified atom stereocenters. The smallest absolute Gasteiger partial charge is 0.367 e. The maximum absolute atomic E-state index is 13.1. The maximum Gasteiger partial charge on any atom is 0.393 e.